The second-order valence-corrected chi connectivity index (χ2v) is 2.31. The summed E-state index contributed by atoms with van der Waals surface area (Å²) < 4.78 is 4.31. The maximum absolute atomic E-state index is 10.8. The molecule has 1 heterocycles. The molecule has 0 atom stereocenters. The van der Waals surface area contributed by atoms with Gasteiger partial charge in [0.25, 0.3) is 0 Å². The Bertz CT molecular complexity index is 319. The lowest BCUT2D eigenvalue weighted by atomic mass is 10.2. The smallest absolute Gasteiger partial charge is 0.373 e. The molecule has 4 nitrogen and oxygen atoms in total. The topological polar surface area (TPSA) is 59.4 Å². The SMILES string of the molecule is COC(=O)C(O)=Cc1cccnc1. The molecule has 0 bridgehead atoms. The predicted octanol–water partition coefficient (Wildman–Crippen LogP) is 1.15. The molecular formula is C9H9NO3. The Labute approximate surface area is 75.5 Å². The number of aliphatic hydroxyl groups excluding tert-OH is 1. The molecule has 0 aromatic carbocycles. The van der Waals surface area contributed by atoms with Gasteiger partial charge in [0, 0.05) is 12.4 Å². The van der Waals surface area contributed by atoms with E-state index in [2.05, 4.69) is 9.72 Å². The minimum Gasteiger partial charge on any atom is -0.502 e. The van der Waals surface area contributed by atoms with Crippen molar-refractivity contribution in [3.8, 4) is 0 Å². The Morgan fingerprint density at radius 2 is 2.46 bits per heavy atom. The molecule has 0 amide bonds. The van der Waals surface area contributed by atoms with E-state index < -0.39 is 11.7 Å². The lowest BCUT2D eigenvalue weighted by molar-refractivity contribution is -0.138. The van der Waals surface area contributed by atoms with Crippen LogP contribution >= 0.6 is 0 Å². The number of pyridine rings is 1. The van der Waals surface area contributed by atoms with E-state index in [-0.39, 0.29) is 0 Å². The van der Waals surface area contributed by atoms with Gasteiger partial charge in [-0.25, -0.2) is 4.79 Å². The van der Waals surface area contributed by atoms with E-state index in [9.17, 15) is 4.79 Å². The van der Waals surface area contributed by atoms with Crippen LogP contribution in [0.3, 0.4) is 0 Å². The van der Waals surface area contributed by atoms with Crippen molar-refractivity contribution in [3.63, 3.8) is 0 Å². The molecule has 0 aliphatic carbocycles. The lowest BCUT2D eigenvalue weighted by Gasteiger charge is -1.96. The van der Waals surface area contributed by atoms with E-state index >= 15 is 0 Å². The third kappa shape index (κ3) is 2.59. The highest BCUT2D eigenvalue weighted by Gasteiger charge is 2.05. The van der Waals surface area contributed by atoms with Crippen LogP contribution in [-0.4, -0.2) is 23.2 Å². The first kappa shape index (κ1) is 9.25. The zero-order valence-electron chi connectivity index (χ0n) is 7.10. The van der Waals surface area contributed by atoms with Crippen LogP contribution in [0.1, 0.15) is 5.56 Å². The molecule has 0 unspecified atom stereocenters. The van der Waals surface area contributed by atoms with Gasteiger partial charge in [-0.1, -0.05) is 6.07 Å². The fourth-order valence-corrected chi connectivity index (χ4v) is 0.783. The van der Waals surface area contributed by atoms with Crippen molar-refractivity contribution in [2.45, 2.75) is 0 Å². The molecule has 1 N–H and O–H groups in total. The zero-order chi connectivity index (χ0) is 9.68. The Hall–Kier alpha value is -1.84. The highest BCUT2D eigenvalue weighted by molar-refractivity contribution is 5.90. The number of hydrogen-bond donors (Lipinski definition) is 1. The molecule has 0 spiro atoms. The number of aromatic nitrogens is 1. The van der Waals surface area contributed by atoms with Gasteiger partial charge in [-0.3, -0.25) is 4.98 Å². The number of nitrogens with zero attached hydrogens (tertiary/aromatic N) is 1. The van der Waals surface area contributed by atoms with Crippen LogP contribution in [0.15, 0.2) is 30.3 Å². The summed E-state index contributed by atoms with van der Waals surface area (Å²) in [7, 11) is 1.20. The standard InChI is InChI=1S/C9H9NO3/c1-13-9(12)8(11)5-7-3-2-4-10-6-7/h2-6,11H,1H3. The highest BCUT2D eigenvalue weighted by atomic mass is 16.5. The molecule has 0 radical (unpaired) electrons. The number of carbonyl (C=O) groups excluding carboxylic acids is 1. The Kier molecular flexibility index (Phi) is 3.03. The largest absolute Gasteiger partial charge is 0.502 e. The van der Waals surface area contributed by atoms with E-state index in [0.717, 1.165) is 0 Å². The van der Waals surface area contributed by atoms with Crippen LogP contribution in [0, 0.1) is 0 Å². The highest BCUT2D eigenvalue weighted by Crippen LogP contribution is 2.03. The third-order valence-corrected chi connectivity index (χ3v) is 1.38. The minimum atomic E-state index is -0.760. The number of esters is 1. The number of rotatable bonds is 2. The monoisotopic (exact) mass is 179 g/mol. The van der Waals surface area contributed by atoms with Crippen molar-refractivity contribution in [1.82, 2.24) is 4.98 Å². The van der Waals surface area contributed by atoms with Crippen LogP contribution in [0.5, 0.6) is 0 Å². The van der Waals surface area contributed by atoms with Crippen molar-refractivity contribution < 1.29 is 14.6 Å². The molecule has 1 rings (SSSR count). The summed E-state index contributed by atoms with van der Waals surface area (Å²) in [4.78, 5) is 14.6. The number of aliphatic hydroxyl groups is 1. The molecule has 4 heteroatoms. The molecule has 13 heavy (non-hydrogen) atoms. The van der Waals surface area contributed by atoms with Crippen LogP contribution in [0.2, 0.25) is 0 Å². The second-order valence-electron chi connectivity index (χ2n) is 2.31. The van der Waals surface area contributed by atoms with Crippen LogP contribution in [-0.2, 0) is 9.53 Å². The normalized spacial score (nSPS) is 11.0. The average molecular weight is 179 g/mol. The number of methoxy groups -OCH3 is 1. The molecule has 0 saturated heterocycles. The number of hydrogen-bond acceptors (Lipinski definition) is 4. The number of carbonyl (C=O) groups is 1. The fraction of sp³-hybridized carbons (Fsp3) is 0.111. The van der Waals surface area contributed by atoms with Gasteiger partial charge in [0.2, 0.25) is 5.76 Å². The van der Waals surface area contributed by atoms with Gasteiger partial charge in [0.1, 0.15) is 0 Å². The van der Waals surface area contributed by atoms with Crippen LogP contribution < -0.4 is 0 Å². The summed E-state index contributed by atoms with van der Waals surface area (Å²) in [6.45, 7) is 0. The van der Waals surface area contributed by atoms with Gasteiger partial charge in [0.05, 0.1) is 7.11 Å². The van der Waals surface area contributed by atoms with E-state index in [1.165, 1.54) is 19.4 Å². The van der Waals surface area contributed by atoms with E-state index in [0.29, 0.717) is 5.56 Å². The summed E-state index contributed by atoms with van der Waals surface area (Å²) in [5.74, 6) is -1.20. The first-order valence-corrected chi connectivity index (χ1v) is 3.63. The molecule has 68 valence electrons. The van der Waals surface area contributed by atoms with Crippen molar-refractivity contribution in [2.75, 3.05) is 7.11 Å². The quantitative estimate of drug-likeness (QED) is 0.420. The Morgan fingerprint density at radius 3 is 3.00 bits per heavy atom. The summed E-state index contributed by atoms with van der Waals surface area (Å²) >= 11 is 0. The Morgan fingerprint density at radius 1 is 1.69 bits per heavy atom. The van der Waals surface area contributed by atoms with Gasteiger partial charge < -0.3 is 9.84 Å². The molecule has 0 saturated carbocycles. The molecule has 0 aliphatic heterocycles. The fourth-order valence-electron chi connectivity index (χ4n) is 0.783. The zero-order valence-corrected chi connectivity index (χ0v) is 7.10. The average Bonchev–Trinajstić information content (AvgIpc) is 2.18. The third-order valence-electron chi connectivity index (χ3n) is 1.38. The molecular weight excluding hydrogens is 170 g/mol. The predicted molar refractivity (Wildman–Crippen MR) is 46.9 cm³/mol. The van der Waals surface area contributed by atoms with Crippen molar-refractivity contribution >= 4 is 12.0 Å². The molecule has 1 aromatic heterocycles. The molecule has 0 fully saturated rings. The minimum absolute atomic E-state index is 0.435. The maximum atomic E-state index is 10.8. The van der Waals surface area contributed by atoms with Crippen molar-refractivity contribution in [3.05, 3.63) is 35.8 Å². The number of ether oxygens (including phenoxy) is 1. The van der Waals surface area contributed by atoms with Gasteiger partial charge in [-0.05, 0) is 17.7 Å². The maximum Gasteiger partial charge on any atom is 0.373 e. The summed E-state index contributed by atoms with van der Waals surface area (Å²) in [6, 6.07) is 3.42. The summed E-state index contributed by atoms with van der Waals surface area (Å²) in [5, 5.41) is 9.13. The molecule has 1 aromatic rings. The molecule has 0 aliphatic rings. The van der Waals surface area contributed by atoms with Gasteiger partial charge >= 0.3 is 5.97 Å². The van der Waals surface area contributed by atoms with Crippen LogP contribution in [0.25, 0.3) is 6.08 Å². The van der Waals surface area contributed by atoms with Crippen LogP contribution in [0.4, 0.5) is 0 Å². The van der Waals surface area contributed by atoms with E-state index in [1.54, 1.807) is 18.3 Å². The summed E-state index contributed by atoms with van der Waals surface area (Å²) in [6.07, 6.45) is 4.42. The van der Waals surface area contributed by atoms with E-state index in [1.807, 2.05) is 0 Å². The lowest BCUT2D eigenvalue weighted by Crippen LogP contribution is -2.03. The van der Waals surface area contributed by atoms with Crippen molar-refractivity contribution in [1.29, 1.82) is 0 Å². The van der Waals surface area contributed by atoms with Crippen molar-refractivity contribution in [2.24, 2.45) is 0 Å². The second kappa shape index (κ2) is 4.25. The van der Waals surface area contributed by atoms with Gasteiger partial charge in [0.15, 0.2) is 0 Å². The Balaban J connectivity index is 2.83. The van der Waals surface area contributed by atoms with Gasteiger partial charge in [-0.15, -0.1) is 0 Å². The summed E-state index contributed by atoms with van der Waals surface area (Å²) in [5.41, 5.74) is 0.644. The first-order chi connectivity index (χ1) is 6.24. The first-order valence-electron chi connectivity index (χ1n) is 3.63. The van der Waals surface area contributed by atoms with E-state index in [4.69, 9.17) is 5.11 Å². The van der Waals surface area contributed by atoms with Gasteiger partial charge in [-0.2, -0.15) is 0 Å².